The molecule has 0 bridgehead atoms. The van der Waals surface area contributed by atoms with Gasteiger partial charge in [-0.1, -0.05) is 23.8 Å². The number of hydrogen-bond acceptors (Lipinski definition) is 4. The highest BCUT2D eigenvalue weighted by Gasteiger charge is 2.37. The normalized spacial score (nSPS) is 28.9. The van der Waals surface area contributed by atoms with Crippen LogP contribution in [0.4, 0.5) is 5.82 Å². The Kier molecular flexibility index (Phi) is 2.36. The lowest BCUT2D eigenvalue weighted by Crippen LogP contribution is -2.33. The number of aromatic nitrogens is 2. The van der Waals surface area contributed by atoms with E-state index < -0.39 is 0 Å². The van der Waals surface area contributed by atoms with Crippen LogP contribution in [0.25, 0.3) is 0 Å². The fraction of sp³-hybridized carbons (Fsp3) is 0.364. The van der Waals surface area contributed by atoms with E-state index in [1.54, 1.807) is 12.1 Å². The van der Waals surface area contributed by atoms with Crippen molar-refractivity contribution in [1.29, 1.82) is 0 Å². The number of fused-ring (bicyclic) bond motifs is 1. The van der Waals surface area contributed by atoms with Crippen molar-refractivity contribution in [3.05, 3.63) is 29.4 Å². The van der Waals surface area contributed by atoms with Crippen molar-refractivity contribution in [2.24, 2.45) is 16.9 Å². The van der Waals surface area contributed by atoms with E-state index in [2.05, 4.69) is 32.9 Å². The summed E-state index contributed by atoms with van der Waals surface area (Å²) in [5.74, 6) is 1.97. The molecule has 0 aromatic carbocycles. The van der Waals surface area contributed by atoms with Crippen LogP contribution in [0.5, 0.6) is 0 Å². The summed E-state index contributed by atoms with van der Waals surface area (Å²) < 4.78 is 0. The molecule has 0 amide bonds. The minimum Gasteiger partial charge on any atom is -0.260 e. The zero-order chi connectivity index (χ0) is 11.0. The molecule has 4 nitrogen and oxygen atoms in total. The molecule has 1 N–H and O–H groups in total. The first-order valence-corrected chi connectivity index (χ1v) is 5.69. The summed E-state index contributed by atoms with van der Waals surface area (Å²) >= 11 is 5.64. The summed E-state index contributed by atoms with van der Waals surface area (Å²) in [5, 5.41) is 12.4. The molecule has 1 saturated carbocycles. The number of halogens is 1. The average Bonchev–Trinajstić information content (AvgIpc) is 2.63. The molecule has 16 heavy (non-hydrogen) atoms. The Balaban J connectivity index is 1.64. The van der Waals surface area contributed by atoms with Crippen LogP contribution in [-0.4, -0.2) is 15.9 Å². The van der Waals surface area contributed by atoms with Gasteiger partial charge in [-0.15, -0.1) is 10.2 Å². The van der Waals surface area contributed by atoms with Gasteiger partial charge in [0.1, 0.15) is 0 Å². The molecule has 1 aromatic rings. The van der Waals surface area contributed by atoms with E-state index in [0.29, 0.717) is 16.9 Å². The first kappa shape index (κ1) is 9.78. The smallest absolute Gasteiger partial charge is 0.168 e. The Labute approximate surface area is 98.4 Å². The Bertz CT molecular complexity index is 452. The standard InChI is InChI=1S/C11H11ClN4/c12-10-4-5-11(16-14-10)15-13-9-6-7-2-1-3-8(7)9/h1-2,4-5,7-8H,3,6H2,(H,15,16)/b13-9+/t7-,8-/m0/s1. The van der Waals surface area contributed by atoms with Crippen molar-refractivity contribution in [2.75, 3.05) is 5.43 Å². The SMILES string of the molecule is Clc1ccc(N/N=C2\C[C@@H]3C=CC[C@H]23)nn1. The fourth-order valence-corrected chi connectivity index (χ4v) is 2.27. The highest BCUT2D eigenvalue weighted by Crippen LogP contribution is 2.40. The van der Waals surface area contributed by atoms with E-state index in [1.165, 1.54) is 5.71 Å². The summed E-state index contributed by atoms with van der Waals surface area (Å²) in [7, 11) is 0. The quantitative estimate of drug-likeness (QED) is 0.632. The summed E-state index contributed by atoms with van der Waals surface area (Å²) in [6, 6.07) is 3.46. The Morgan fingerprint density at radius 2 is 2.31 bits per heavy atom. The highest BCUT2D eigenvalue weighted by atomic mass is 35.5. The minimum absolute atomic E-state index is 0.391. The molecule has 1 aromatic heterocycles. The molecule has 2 atom stereocenters. The molecular formula is C11H11ClN4. The average molecular weight is 235 g/mol. The maximum absolute atomic E-state index is 5.64. The van der Waals surface area contributed by atoms with Gasteiger partial charge in [-0.2, -0.15) is 5.10 Å². The van der Waals surface area contributed by atoms with Crippen LogP contribution in [-0.2, 0) is 0 Å². The monoisotopic (exact) mass is 234 g/mol. The molecule has 82 valence electrons. The summed E-state index contributed by atoms with van der Waals surface area (Å²) in [4.78, 5) is 0. The van der Waals surface area contributed by atoms with Gasteiger partial charge in [-0.05, 0) is 30.9 Å². The molecule has 0 saturated heterocycles. The van der Waals surface area contributed by atoms with Gasteiger partial charge in [-0.3, -0.25) is 5.43 Å². The lowest BCUT2D eigenvalue weighted by Gasteiger charge is -2.31. The Hall–Kier alpha value is -1.42. The second kappa shape index (κ2) is 3.87. The third-order valence-corrected chi connectivity index (χ3v) is 3.31. The van der Waals surface area contributed by atoms with Gasteiger partial charge in [0.15, 0.2) is 11.0 Å². The van der Waals surface area contributed by atoms with Crippen molar-refractivity contribution in [2.45, 2.75) is 12.8 Å². The van der Waals surface area contributed by atoms with Crippen LogP contribution in [0.15, 0.2) is 29.4 Å². The maximum Gasteiger partial charge on any atom is 0.168 e. The van der Waals surface area contributed by atoms with E-state index in [0.717, 1.165) is 18.8 Å². The number of anilines is 1. The zero-order valence-electron chi connectivity index (χ0n) is 8.60. The van der Waals surface area contributed by atoms with Crippen LogP contribution in [0.1, 0.15) is 12.8 Å². The summed E-state index contributed by atoms with van der Waals surface area (Å²) in [6.07, 6.45) is 6.71. The van der Waals surface area contributed by atoms with Crippen molar-refractivity contribution in [3.63, 3.8) is 0 Å². The van der Waals surface area contributed by atoms with Gasteiger partial charge < -0.3 is 0 Å². The molecule has 2 aliphatic carbocycles. The molecule has 2 aliphatic rings. The zero-order valence-corrected chi connectivity index (χ0v) is 9.35. The Morgan fingerprint density at radius 3 is 3.06 bits per heavy atom. The minimum atomic E-state index is 0.391. The van der Waals surface area contributed by atoms with Crippen molar-refractivity contribution in [1.82, 2.24) is 10.2 Å². The lowest BCUT2D eigenvalue weighted by atomic mass is 9.74. The highest BCUT2D eigenvalue weighted by molar-refractivity contribution is 6.29. The van der Waals surface area contributed by atoms with Gasteiger partial charge in [0.25, 0.3) is 0 Å². The number of hydrogen-bond donors (Lipinski definition) is 1. The van der Waals surface area contributed by atoms with Crippen molar-refractivity contribution >= 4 is 23.1 Å². The number of rotatable bonds is 2. The lowest BCUT2D eigenvalue weighted by molar-refractivity contribution is 0.466. The first-order chi connectivity index (χ1) is 7.83. The number of allylic oxidation sites excluding steroid dienone is 2. The topological polar surface area (TPSA) is 50.2 Å². The van der Waals surface area contributed by atoms with E-state index >= 15 is 0 Å². The molecule has 0 spiro atoms. The van der Waals surface area contributed by atoms with Gasteiger partial charge in [0.05, 0.1) is 0 Å². The van der Waals surface area contributed by atoms with Crippen LogP contribution < -0.4 is 5.43 Å². The molecule has 3 rings (SSSR count). The second-order valence-corrected chi connectivity index (χ2v) is 4.48. The predicted octanol–water partition coefficient (Wildman–Crippen LogP) is 2.49. The van der Waals surface area contributed by atoms with Crippen LogP contribution in [0.3, 0.4) is 0 Å². The fourth-order valence-electron chi connectivity index (χ4n) is 2.17. The van der Waals surface area contributed by atoms with Crippen molar-refractivity contribution in [3.8, 4) is 0 Å². The number of nitrogens with zero attached hydrogens (tertiary/aromatic N) is 3. The molecule has 5 heteroatoms. The molecule has 0 radical (unpaired) electrons. The van der Waals surface area contributed by atoms with Gasteiger partial charge >= 0.3 is 0 Å². The third kappa shape index (κ3) is 1.69. The summed E-state index contributed by atoms with van der Waals surface area (Å²) in [6.45, 7) is 0. The van der Waals surface area contributed by atoms with Crippen LogP contribution >= 0.6 is 11.6 Å². The van der Waals surface area contributed by atoms with Crippen molar-refractivity contribution < 1.29 is 0 Å². The van der Waals surface area contributed by atoms with Crippen LogP contribution in [0, 0.1) is 11.8 Å². The first-order valence-electron chi connectivity index (χ1n) is 5.31. The van der Waals surface area contributed by atoms with Gasteiger partial charge in [0, 0.05) is 11.6 Å². The largest absolute Gasteiger partial charge is 0.260 e. The second-order valence-electron chi connectivity index (χ2n) is 4.09. The van der Waals surface area contributed by atoms with E-state index in [1.807, 2.05) is 0 Å². The Morgan fingerprint density at radius 1 is 1.38 bits per heavy atom. The predicted molar refractivity (Wildman–Crippen MR) is 63.5 cm³/mol. The summed E-state index contributed by atoms with van der Waals surface area (Å²) in [5.41, 5.74) is 4.14. The molecule has 1 heterocycles. The third-order valence-electron chi connectivity index (χ3n) is 3.11. The molecule has 0 unspecified atom stereocenters. The van der Waals surface area contributed by atoms with E-state index in [9.17, 15) is 0 Å². The van der Waals surface area contributed by atoms with Gasteiger partial charge in [-0.25, -0.2) is 0 Å². The number of hydrazone groups is 1. The number of nitrogens with one attached hydrogen (secondary N) is 1. The van der Waals surface area contributed by atoms with Gasteiger partial charge in [0.2, 0.25) is 0 Å². The van der Waals surface area contributed by atoms with E-state index in [4.69, 9.17) is 11.6 Å². The van der Waals surface area contributed by atoms with Crippen LogP contribution in [0.2, 0.25) is 5.15 Å². The van der Waals surface area contributed by atoms with E-state index in [-0.39, 0.29) is 0 Å². The molecule has 0 aliphatic heterocycles. The molecular weight excluding hydrogens is 224 g/mol. The maximum atomic E-state index is 5.64. The molecule has 1 fully saturated rings.